The number of halogens is 3. The average molecular weight is 308 g/mol. The van der Waals surface area contributed by atoms with Crippen LogP contribution in [0.2, 0.25) is 0 Å². The molecule has 0 heterocycles. The molecule has 0 aliphatic carbocycles. The molecule has 0 fully saturated rings. The van der Waals surface area contributed by atoms with Gasteiger partial charge < -0.3 is 10.5 Å². The van der Waals surface area contributed by atoms with Crippen molar-refractivity contribution in [3.63, 3.8) is 0 Å². The Kier molecular flexibility index (Phi) is 4.80. The van der Waals surface area contributed by atoms with E-state index in [0.717, 1.165) is 18.3 Å². The van der Waals surface area contributed by atoms with Gasteiger partial charge in [0.2, 0.25) is 5.75 Å². The smallest absolute Gasteiger partial charge is 0.398 e. The molecule has 0 saturated heterocycles. The predicted molar refractivity (Wildman–Crippen MR) is 67.3 cm³/mol. The number of rotatable bonds is 4. The minimum Gasteiger partial charge on any atom is -0.398 e. The molecule has 0 aliphatic heterocycles. The van der Waals surface area contributed by atoms with Gasteiger partial charge in [-0.2, -0.15) is 5.10 Å². The Morgan fingerprint density at radius 3 is 2.70 bits per heavy atom. The number of ether oxygens (including phenoxy) is 1. The monoisotopic (exact) mass is 308 g/mol. The molecule has 0 bridgehead atoms. The third-order valence-electron chi connectivity index (χ3n) is 1.82. The van der Waals surface area contributed by atoms with Crippen LogP contribution in [0.1, 0.15) is 5.56 Å². The van der Waals surface area contributed by atoms with Gasteiger partial charge in [-0.25, -0.2) is 0 Å². The molecular weight excluding hydrogens is 301 g/mol. The molecule has 0 radical (unpaired) electrons. The second-order valence-corrected chi connectivity index (χ2v) is 3.67. The van der Waals surface area contributed by atoms with Crippen LogP contribution in [0.25, 0.3) is 0 Å². The molecule has 0 unspecified atom stereocenters. The summed E-state index contributed by atoms with van der Waals surface area (Å²) in [6, 6.07) is 3.16. The van der Waals surface area contributed by atoms with E-state index in [2.05, 4.69) is 27.5 Å². The van der Waals surface area contributed by atoms with E-state index in [4.69, 9.17) is 5.73 Å². The third kappa shape index (κ3) is 4.68. The van der Waals surface area contributed by atoms with Crippen molar-refractivity contribution in [1.82, 2.24) is 5.43 Å². The lowest BCUT2D eigenvalue weighted by Crippen LogP contribution is -2.24. The highest BCUT2D eigenvalue weighted by atomic mass is 32.1. The maximum absolute atomic E-state index is 12.1. The second-order valence-electron chi connectivity index (χ2n) is 3.23. The molecule has 0 aromatic heterocycles. The van der Waals surface area contributed by atoms with E-state index < -0.39 is 22.7 Å². The van der Waals surface area contributed by atoms with Gasteiger partial charge in [0.25, 0.3) is 0 Å². The number of hydrogen-bond donors (Lipinski definition) is 2. The van der Waals surface area contributed by atoms with Crippen LogP contribution >= 0.6 is 12.2 Å². The molecular formula is C9H7F3N4O3S. The van der Waals surface area contributed by atoms with Gasteiger partial charge in [0, 0.05) is 0 Å². The minimum absolute atomic E-state index is 0.202. The summed E-state index contributed by atoms with van der Waals surface area (Å²) in [4.78, 5) is 9.84. The Balaban J connectivity index is 3.18. The van der Waals surface area contributed by atoms with E-state index >= 15 is 0 Å². The van der Waals surface area contributed by atoms with Crippen molar-refractivity contribution in [3.05, 3.63) is 33.9 Å². The highest BCUT2D eigenvalue weighted by Gasteiger charge is 2.35. The van der Waals surface area contributed by atoms with Gasteiger partial charge in [-0.15, -0.1) is 13.2 Å². The van der Waals surface area contributed by atoms with Crippen molar-refractivity contribution >= 4 is 29.2 Å². The first-order valence-electron chi connectivity index (χ1n) is 4.82. The van der Waals surface area contributed by atoms with Crippen LogP contribution in [0.15, 0.2) is 23.3 Å². The summed E-state index contributed by atoms with van der Waals surface area (Å²) in [7, 11) is 0. The molecule has 0 aliphatic rings. The van der Waals surface area contributed by atoms with Gasteiger partial charge in [0.1, 0.15) is 0 Å². The molecule has 11 heteroatoms. The topological polar surface area (TPSA) is 103 Å². The fourth-order valence-corrected chi connectivity index (χ4v) is 1.26. The zero-order chi connectivity index (χ0) is 15.3. The summed E-state index contributed by atoms with van der Waals surface area (Å²) < 4.78 is 40.0. The molecule has 0 saturated carbocycles. The molecule has 1 aromatic rings. The van der Waals surface area contributed by atoms with Crippen LogP contribution in [0, 0.1) is 10.1 Å². The predicted octanol–water partition coefficient (Wildman–Crippen LogP) is 1.66. The number of thiocarbonyl (C=S) groups is 1. The normalized spacial score (nSPS) is 11.3. The van der Waals surface area contributed by atoms with Crippen LogP contribution in [0.3, 0.4) is 0 Å². The molecule has 1 aromatic carbocycles. The number of para-hydroxylation sites is 1. The van der Waals surface area contributed by atoms with Crippen molar-refractivity contribution in [3.8, 4) is 5.75 Å². The highest BCUT2D eigenvalue weighted by molar-refractivity contribution is 7.80. The van der Waals surface area contributed by atoms with E-state index in [0.29, 0.717) is 0 Å². The summed E-state index contributed by atoms with van der Waals surface area (Å²) in [5, 5.41) is 14.1. The number of alkyl halides is 3. The zero-order valence-corrected chi connectivity index (χ0v) is 10.4. The lowest BCUT2D eigenvalue weighted by Gasteiger charge is -2.09. The van der Waals surface area contributed by atoms with Crippen LogP contribution in [0.5, 0.6) is 5.75 Å². The minimum atomic E-state index is -5.04. The number of nitrogens with one attached hydrogen (secondary N) is 1. The van der Waals surface area contributed by atoms with Gasteiger partial charge in [0.15, 0.2) is 5.11 Å². The molecule has 1 rings (SSSR count). The fourth-order valence-electron chi connectivity index (χ4n) is 1.21. The molecule has 7 nitrogen and oxygen atoms in total. The number of hydrogen-bond acceptors (Lipinski definition) is 5. The maximum Gasteiger partial charge on any atom is 0.573 e. The molecule has 0 amide bonds. The van der Waals surface area contributed by atoms with Crippen LogP contribution in [-0.4, -0.2) is 22.6 Å². The van der Waals surface area contributed by atoms with Crippen LogP contribution in [0.4, 0.5) is 18.9 Å². The highest BCUT2D eigenvalue weighted by Crippen LogP contribution is 2.33. The Morgan fingerprint density at radius 2 is 2.20 bits per heavy atom. The summed E-state index contributed by atoms with van der Waals surface area (Å²) in [5.74, 6) is -0.943. The van der Waals surface area contributed by atoms with Crippen molar-refractivity contribution in [2.45, 2.75) is 6.36 Å². The summed E-state index contributed by atoms with van der Waals surface area (Å²) in [6.45, 7) is 0. The molecule has 0 atom stereocenters. The van der Waals surface area contributed by atoms with E-state index in [1.807, 2.05) is 0 Å². The number of hydrazone groups is 1. The number of nitro groups is 1. The Hall–Kier alpha value is -2.43. The van der Waals surface area contributed by atoms with Crippen LogP contribution in [-0.2, 0) is 0 Å². The first-order valence-corrected chi connectivity index (χ1v) is 5.23. The quantitative estimate of drug-likeness (QED) is 0.379. The number of nitrogens with two attached hydrogens (primary N) is 1. The standard InChI is InChI=1S/C9H7F3N4O3S/c10-9(11,12)19-6-3-1-2-5(7(6)16(17)18)4-14-15-8(13)20/h1-4H,(H3,13,15,20). The zero-order valence-electron chi connectivity index (χ0n) is 9.55. The van der Waals surface area contributed by atoms with Crippen molar-refractivity contribution in [2.24, 2.45) is 10.8 Å². The Labute approximate surface area is 115 Å². The second kappa shape index (κ2) is 6.14. The summed E-state index contributed by atoms with van der Waals surface area (Å²) >= 11 is 4.44. The largest absolute Gasteiger partial charge is 0.573 e. The Morgan fingerprint density at radius 1 is 1.55 bits per heavy atom. The Bertz CT molecular complexity index is 562. The van der Waals surface area contributed by atoms with Gasteiger partial charge in [-0.1, -0.05) is 6.07 Å². The van der Waals surface area contributed by atoms with Gasteiger partial charge in [-0.3, -0.25) is 15.5 Å². The van der Waals surface area contributed by atoms with Crippen LogP contribution < -0.4 is 15.9 Å². The summed E-state index contributed by atoms with van der Waals surface area (Å²) in [5.41, 5.74) is 6.10. The number of benzene rings is 1. The molecule has 108 valence electrons. The fraction of sp³-hybridized carbons (Fsp3) is 0.111. The number of nitro benzene ring substituents is 1. The average Bonchev–Trinajstić information content (AvgIpc) is 2.25. The van der Waals surface area contributed by atoms with E-state index in [1.165, 1.54) is 6.07 Å². The van der Waals surface area contributed by atoms with Crippen molar-refractivity contribution in [1.29, 1.82) is 0 Å². The van der Waals surface area contributed by atoms with E-state index in [1.54, 1.807) is 0 Å². The van der Waals surface area contributed by atoms with Gasteiger partial charge >= 0.3 is 12.0 Å². The summed E-state index contributed by atoms with van der Waals surface area (Å²) in [6.07, 6.45) is -4.14. The van der Waals surface area contributed by atoms with E-state index in [-0.39, 0.29) is 10.7 Å². The molecule has 0 spiro atoms. The van der Waals surface area contributed by atoms with Gasteiger partial charge in [0.05, 0.1) is 16.7 Å². The van der Waals surface area contributed by atoms with Crippen molar-refractivity contribution < 1.29 is 22.8 Å². The third-order valence-corrected chi connectivity index (χ3v) is 1.91. The lowest BCUT2D eigenvalue weighted by molar-refractivity contribution is -0.388. The lowest BCUT2D eigenvalue weighted by atomic mass is 10.2. The maximum atomic E-state index is 12.1. The van der Waals surface area contributed by atoms with E-state index in [9.17, 15) is 23.3 Å². The van der Waals surface area contributed by atoms with Gasteiger partial charge in [-0.05, 0) is 24.4 Å². The SMILES string of the molecule is NC(=S)NN=Cc1cccc(OC(F)(F)F)c1[N+](=O)[O-]. The first-order chi connectivity index (χ1) is 9.20. The molecule has 20 heavy (non-hydrogen) atoms. The number of nitrogens with zero attached hydrogens (tertiary/aromatic N) is 2. The van der Waals surface area contributed by atoms with Crippen molar-refractivity contribution in [2.75, 3.05) is 0 Å². The molecule has 3 N–H and O–H groups in total. The first kappa shape index (κ1) is 15.6.